The van der Waals surface area contributed by atoms with Crippen molar-refractivity contribution in [2.45, 2.75) is 31.3 Å². The molecule has 0 fully saturated rings. The van der Waals surface area contributed by atoms with E-state index in [0.29, 0.717) is 41.5 Å². The molecule has 0 spiro atoms. The Balaban J connectivity index is 1.82. The summed E-state index contributed by atoms with van der Waals surface area (Å²) in [6, 6.07) is 4.65. The number of aromatic nitrogens is 4. The van der Waals surface area contributed by atoms with E-state index in [1.54, 1.807) is 6.07 Å². The molecule has 1 aliphatic rings. The predicted octanol–water partition coefficient (Wildman–Crippen LogP) is 2.60. The molecule has 31 heavy (non-hydrogen) atoms. The van der Waals surface area contributed by atoms with E-state index in [4.69, 9.17) is 9.47 Å². The molecule has 0 atom stereocenters. The first-order valence-corrected chi connectivity index (χ1v) is 11.3. The highest BCUT2D eigenvalue weighted by atomic mass is 32.2. The summed E-state index contributed by atoms with van der Waals surface area (Å²) in [7, 11) is -2.27. The van der Waals surface area contributed by atoms with E-state index in [2.05, 4.69) is 30.2 Å². The number of hydrogen-bond acceptors (Lipinski definition) is 8. The molecule has 0 aliphatic carbocycles. The Morgan fingerprint density at radius 3 is 2.81 bits per heavy atom. The number of nitrogens with zero attached hydrogens (tertiary/aromatic N) is 3. The van der Waals surface area contributed by atoms with Gasteiger partial charge in [-0.05, 0) is 51.1 Å². The monoisotopic (exact) mass is 444 g/mol. The summed E-state index contributed by atoms with van der Waals surface area (Å²) >= 11 is 0. The van der Waals surface area contributed by atoms with E-state index in [1.165, 1.54) is 25.5 Å². The van der Waals surface area contributed by atoms with E-state index in [-0.39, 0.29) is 11.0 Å². The Hall–Kier alpha value is -3.02. The summed E-state index contributed by atoms with van der Waals surface area (Å²) in [6.45, 7) is 4.95. The highest BCUT2D eigenvalue weighted by Crippen LogP contribution is 2.35. The second-order valence-electron chi connectivity index (χ2n) is 7.23. The van der Waals surface area contributed by atoms with E-state index >= 15 is 0 Å². The number of aromatic amines is 1. The molecule has 0 saturated carbocycles. The third-order valence-electron chi connectivity index (χ3n) is 4.78. The number of H-pyrrole nitrogens is 1. The lowest BCUT2D eigenvalue weighted by Gasteiger charge is -2.17. The van der Waals surface area contributed by atoms with Crippen molar-refractivity contribution < 1.29 is 17.9 Å². The molecule has 0 radical (unpaired) electrons. The zero-order valence-corrected chi connectivity index (χ0v) is 18.3. The first-order chi connectivity index (χ1) is 14.9. The van der Waals surface area contributed by atoms with Gasteiger partial charge in [0.25, 0.3) is 0 Å². The van der Waals surface area contributed by atoms with Gasteiger partial charge in [-0.1, -0.05) is 6.08 Å². The lowest BCUT2D eigenvalue weighted by Crippen LogP contribution is -2.19. The van der Waals surface area contributed by atoms with Crippen LogP contribution in [0.4, 0.5) is 11.5 Å². The van der Waals surface area contributed by atoms with Crippen LogP contribution in [0.3, 0.4) is 0 Å². The largest absolute Gasteiger partial charge is 0.489 e. The SMILES string of the molecule is CNS(=O)(=O)c1ccc(OC(C)C)c(Nc2ncnc3n[nH]c(C4=CCOCC4)c23)c1. The molecule has 10 nitrogen and oxygen atoms in total. The summed E-state index contributed by atoms with van der Waals surface area (Å²) in [5, 5.41) is 11.3. The molecular weight excluding hydrogens is 420 g/mol. The number of ether oxygens (including phenoxy) is 2. The number of fused-ring (bicyclic) bond motifs is 1. The molecule has 0 unspecified atom stereocenters. The molecule has 3 aromatic rings. The fourth-order valence-corrected chi connectivity index (χ4v) is 4.07. The molecule has 1 aromatic carbocycles. The molecule has 0 saturated heterocycles. The third-order valence-corrected chi connectivity index (χ3v) is 6.19. The first-order valence-electron chi connectivity index (χ1n) is 9.86. The molecule has 164 valence electrons. The minimum Gasteiger partial charge on any atom is -0.489 e. The second-order valence-corrected chi connectivity index (χ2v) is 9.12. The highest BCUT2D eigenvalue weighted by Gasteiger charge is 2.20. The molecule has 2 aromatic heterocycles. The van der Waals surface area contributed by atoms with Gasteiger partial charge in [-0.15, -0.1) is 0 Å². The highest BCUT2D eigenvalue weighted by molar-refractivity contribution is 7.89. The van der Waals surface area contributed by atoms with Crippen LogP contribution in [0.2, 0.25) is 0 Å². The maximum absolute atomic E-state index is 12.3. The molecule has 4 rings (SSSR count). The standard InChI is InChI=1S/C20H24N6O4S/c1-12(2)30-16-5-4-14(31(27,28)21-3)10-15(16)24-19-17-18(13-6-8-29-9-7-13)25-26-20(17)23-11-22-19/h4-6,10-12,21H,7-9H2,1-3H3,(H2,22,23,24,25,26). The molecule has 3 heterocycles. The van der Waals surface area contributed by atoms with E-state index in [0.717, 1.165) is 17.7 Å². The van der Waals surface area contributed by atoms with Gasteiger partial charge < -0.3 is 14.8 Å². The normalized spacial score (nSPS) is 14.6. The van der Waals surface area contributed by atoms with Crippen LogP contribution in [0.5, 0.6) is 5.75 Å². The summed E-state index contributed by atoms with van der Waals surface area (Å²) in [5.74, 6) is 1.00. The lowest BCUT2D eigenvalue weighted by atomic mass is 10.1. The molecule has 0 amide bonds. The van der Waals surface area contributed by atoms with Crippen LogP contribution in [0.25, 0.3) is 16.6 Å². The second kappa shape index (κ2) is 8.61. The van der Waals surface area contributed by atoms with Crippen LogP contribution in [0, 0.1) is 0 Å². The van der Waals surface area contributed by atoms with E-state index < -0.39 is 10.0 Å². The number of anilines is 2. The van der Waals surface area contributed by atoms with Crippen molar-refractivity contribution in [3.63, 3.8) is 0 Å². The van der Waals surface area contributed by atoms with Crippen molar-refractivity contribution in [3.05, 3.63) is 36.3 Å². The zero-order valence-electron chi connectivity index (χ0n) is 17.5. The van der Waals surface area contributed by atoms with Gasteiger partial charge in [0, 0.05) is 0 Å². The molecule has 3 N–H and O–H groups in total. The van der Waals surface area contributed by atoms with Crippen LogP contribution < -0.4 is 14.8 Å². The smallest absolute Gasteiger partial charge is 0.240 e. The zero-order chi connectivity index (χ0) is 22.0. The topological polar surface area (TPSA) is 131 Å². The quantitative estimate of drug-likeness (QED) is 0.507. The van der Waals surface area contributed by atoms with Crippen LogP contribution in [0.1, 0.15) is 26.0 Å². The fraction of sp³-hybridized carbons (Fsp3) is 0.350. The average Bonchev–Trinajstić information content (AvgIpc) is 3.20. The van der Waals surface area contributed by atoms with Gasteiger partial charge in [-0.3, -0.25) is 5.10 Å². The van der Waals surface area contributed by atoms with Crippen LogP contribution >= 0.6 is 0 Å². The van der Waals surface area contributed by atoms with Crippen molar-refractivity contribution in [1.29, 1.82) is 0 Å². The molecule has 1 aliphatic heterocycles. The Morgan fingerprint density at radius 1 is 1.26 bits per heavy atom. The number of hydrogen-bond donors (Lipinski definition) is 3. The minimum atomic E-state index is -3.63. The lowest BCUT2D eigenvalue weighted by molar-refractivity contribution is 0.161. The maximum atomic E-state index is 12.3. The van der Waals surface area contributed by atoms with Crippen molar-refractivity contribution in [2.24, 2.45) is 0 Å². The van der Waals surface area contributed by atoms with Crippen molar-refractivity contribution in [2.75, 3.05) is 25.6 Å². The van der Waals surface area contributed by atoms with Gasteiger partial charge in [-0.2, -0.15) is 5.10 Å². The van der Waals surface area contributed by atoms with Gasteiger partial charge in [-0.25, -0.2) is 23.1 Å². The average molecular weight is 445 g/mol. The van der Waals surface area contributed by atoms with Crippen LogP contribution in [-0.4, -0.2) is 54.9 Å². The maximum Gasteiger partial charge on any atom is 0.240 e. The van der Waals surface area contributed by atoms with Crippen molar-refractivity contribution >= 4 is 38.1 Å². The number of sulfonamides is 1. The predicted molar refractivity (Wildman–Crippen MR) is 117 cm³/mol. The van der Waals surface area contributed by atoms with Gasteiger partial charge in [0.1, 0.15) is 17.9 Å². The van der Waals surface area contributed by atoms with E-state index in [9.17, 15) is 8.42 Å². The van der Waals surface area contributed by atoms with Gasteiger partial charge in [0.15, 0.2) is 5.65 Å². The number of nitrogens with one attached hydrogen (secondary N) is 3. The van der Waals surface area contributed by atoms with E-state index in [1.807, 2.05) is 19.9 Å². The summed E-state index contributed by atoms with van der Waals surface area (Å²) in [6.07, 6.45) is 4.05. The summed E-state index contributed by atoms with van der Waals surface area (Å²) in [5.41, 5.74) is 2.85. The van der Waals surface area contributed by atoms with Crippen molar-refractivity contribution in [1.82, 2.24) is 24.9 Å². The minimum absolute atomic E-state index is 0.102. The van der Waals surface area contributed by atoms with Gasteiger partial charge >= 0.3 is 0 Å². The van der Waals surface area contributed by atoms with Gasteiger partial charge in [0.05, 0.1) is 41.0 Å². The van der Waals surface area contributed by atoms with Crippen LogP contribution in [-0.2, 0) is 14.8 Å². The van der Waals surface area contributed by atoms with Gasteiger partial charge in [0.2, 0.25) is 10.0 Å². The summed E-state index contributed by atoms with van der Waals surface area (Å²) < 4.78 is 38.3. The molecule has 11 heteroatoms. The Labute approximate surface area is 180 Å². The summed E-state index contributed by atoms with van der Waals surface area (Å²) in [4.78, 5) is 8.76. The Bertz CT molecular complexity index is 1240. The number of benzene rings is 1. The Morgan fingerprint density at radius 2 is 2.10 bits per heavy atom. The Kier molecular flexibility index (Phi) is 5.90. The first kappa shape index (κ1) is 21.2. The number of rotatable bonds is 7. The molecular formula is C20H24N6O4S. The third kappa shape index (κ3) is 4.38. The fourth-order valence-electron chi connectivity index (χ4n) is 3.31. The van der Waals surface area contributed by atoms with Crippen molar-refractivity contribution in [3.8, 4) is 5.75 Å². The molecule has 0 bridgehead atoms. The van der Waals surface area contributed by atoms with Crippen LogP contribution in [0.15, 0.2) is 35.5 Å².